The maximum atomic E-state index is 10.3. The summed E-state index contributed by atoms with van der Waals surface area (Å²) >= 11 is -7.08. The Morgan fingerprint density at radius 3 is 0.370 bits per heavy atom. The van der Waals surface area contributed by atoms with Gasteiger partial charge in [0.05, 0.1) is 69.2 Å². The van der Waals surface area contributed by atoms with Crippen molar-refractivity contribution in [3.05, 3.63) is 212 Å². The number of rotatable bonds is 12. The van der Waals surface area contributed by atoms with E-state index < -0.39 is 129 Å². The van der Waals surface area contributed by atoms with Crippen molar-refractivity contribution < 1.29 is 337 Å². The molecule has 0 aromatic heterocycles. The summed E-state index contributed by atoms with van der Waals surface area (Å²) in [5.41, 5.74) is 0.167. The van der Waals surface area contributed by atoms with Crippen molar-refractivity contribution in [3.8, 4) is 0 Å². The molecule has 92 heavy (non-hydrogen) atoms. The molecule has 0 unspecified atom stereocenters. The Bertz CT molecular complexity index is 2460. The van der Waals surface area contributed by atoms with Crippen LogP contribution in [0, 0.1) is 0 Å². The normalized spacial score (nSPS) is 7.78. The number of carbonyl (C=O) groups excluding carboxylic acids is 6. The van der Waals surface area contributed by atoms with Crippen molar-refractivity contribution in [2.45, 2.75) is 0 Å². The smallest absolute Gasteiger partial charge is 0 e. The van der Waals surface area contributed by atoms with Gasteiger partial charge in [-0.1, -0.05) is 72.8 Å². The number of hydrogen-bond acceptors (Lipinski definition) is 22. The molecule has 0 fully saturated rings. The summed E-state index contributed by atoms with van der Waals surface area (Å²) in [6, 6.07) is 28.9. The summed E-state index contributed by atoms with van der Waals surface area (Å²) < 4.78 is 54.8. The molecule has 0 bridgehead atoms. The first-order valence-electron chi connectivity index (χ1n) is 20.5. The van der Waals surface area contributed by atoms with Gasteiger partial charge in [0.15, 0.2) is 0 Å². The van der Waals surface area contributed by atoms with Gasteiger partial charge in [-0.3, -0.25) is 0 Å². The minimum atomic E-state index is -3.58. The molecule has 0 saturated heterocycles. The van der Waals surface area contributed by atoms with Gasteiger partial charge >= 0.3 is 118 Å². The third-order valence-corrected chi connectivity index (χ3v) is 8.21. The van der Waals surface area contributed by atoms with Gasteiger partial charge in [0.2, 0.25) is 0 Å². The second-order valence-corrected chi connectivity index (χ2v) is 14.9. The van der Waals surface area contributed by atoms with Crippen molar-refractivity contribution in [1.82, 2.24) is 0 Å². The predicted octanol–water partition coefficient (Wildman–Crippen LogP) is -6.18. The Balaban J connectivity index is -0.0000000703. The Kier molecular flexibility index (Phi) is 83.7. The molecular weight excluding hydrogens is 1540 g/mol. The zero-order chi connectivity index (χ0) is 63.8. The van der Waals surface area contributed by atoms with E-state index in [0.29, 0.717) is 0 Å². The molecule has 6 aromatic rings. The molecule has 15 N–H and O–H groups in total. The first kappa shape index (κ1) is 116. The van der Waals surface area contributed by atoms with Crippen LogP contribution >= 0.6 is 0 Å². The summed E-state index contributed by atoms with van der Waals surface area (Å²) in [5.74, 6) is -14.4. The molecular formula is C48H39O36Ti8-11. The van der Waals surface area contributed by atoms with Crippen molar-refractivity contribution in [3.63, 3.8) is 0 Å². The minimum Gasteiger partial charge on any atom is 0 e. The quantitative estimate of drug-likeness (QED) is 0.0510. The van der Waals surface area contributed by atoms with Gasteiger partial charge in [-0.25, -0.2) is 28.8 Å². The van der Waals surface area contributed by atoms with Gasteiger partial charge < -0.3 is 117 Å². The molecule has 0 saturated carbocycles. The van der Waals surface area contributed by atoms with Crippen LogP contribution in [-0.4, -0.2) is 133 Å². The van der Waals surface area contributed by atoms with Crippen LogP contribution in [0.15, 0.2) is 146 Å². The van der Waals surface area contributed by atoms with Crippen LogP contribution in [0.3, 0.4) is 0 Å². The summed E-state index contributed by atoms with van der Waals surface area (Å²) in [6.07, 6.45) is 0. The Morgan fingerprint density at radius 1 is 0.272 bits per heavy atom. The van der Waals surface area contributed by atoms with Crippen molar-refractivity contribution in [1.29, 1.82) is 0 Å². The number of aromatic carboxylic acids is 12. The van der Waals surface area contributed by atoms with Crippen LogP contribution in [-0.2, 0) is 187 Å². The molecule has 6 rings (SSSR count). The molecule has 0 aliphatic rings. The number of carboxylic acid groups (broad SMARTS) is 12. The van der Waals surface area contributed by atoms with Crippen molar-refractivity contribution in [2.24, 2.45) is 0 Å². The van der Waals surface area contributed by atoms with Crippen LogP contribution in [0.4, 0.5) is 0 Å². The zero-order valence-electron chi connectivity index (χ0n) is 45.2. The second-order valence-electron chi connectivity index (χ2n) is 13.5. The van der Waals surface area contributed by atoms with Gasteiger partial charge in [-0.05, 0) is 106 Å². The van der Waals surface area contributed by atoms with E-state index in [9.17, 15) is 88.2 Å². The third kappa shape index (κ3) is 55.4. The standard InChI is InChI=1S/6C8H6O4.7H2O.5O.8Ti/c6*9-7(10)5-1-2-6(4-3-5)8(11)12;;;;;;;;;;;;;;;;;;;;/h6*1-4H,(H,9,10)(H,11,12);7*1H2;;;;;;;;;;;;;/q;;;;;;;;;;;;;;;;2*-2;;;;;;2*+1;+2/p-11. The summed E-state index contributed by atoms with van der Waals surface area (Å²) in [4.78, 5) is 123. The van der Waals surface area contributed by atoms with Crippen LogP contribution in [0.1, 0.15) is 124 Å². The Morgan fingerprint density at radius 2 is 0.326 bits per heavy atom. The molecule has 0 aliphatic carbocycles. The number of carboxylic acids is 12. The first-order chi connectivity index (χ1) is 38.2. The SMILES string of the molecule is O.O.O=C([O-])c1ccc(C(=O)O)cc1.O=C([O-])c1ccc(C(=O)O)cc1.O=C([O-])c1ccc(C(=O)O)cc1.O=C([O-])c1ccc(C(=O)O)cc1.O=C([O-])c1ccc(C(=O)O)cc1.O=C([O-])c1ccc(C(=O)O)cc1.[O-2].[O-2].[OH-].[O]=[Ti]([OH])[OH].[O]=[Ti][OH].[O]=[Ti][OH].[Ti].[Ti].[Ti].[Ti].[Ti]. The fourth-order valence-electron chi connectivity index (χ4n) is 4.49. The van der Waals surface area contributed by atoms with Gasteiger partial charge in [-0.15, -0.1) is 0 Å². The van der Waals surface area contributed by atoms with E-state index in [1.54, 1.807) is 0 Å². The molecule has 490 valence electrons. The molecule has 0 heterocycles. The van der Waals surface area contributed by atoms with E-state index in [1.165, 1.54) is 146 Å². The van der Waals surface area contributed by atoms with Crippen molar-refractivity contribution >= 4 is 71.6 Å². The van der Waals surface area contributed by atoms with Crippen LogP contribution in [0.5, 0.6) is 0 Å². The molecule has 0 aliphatic heterocycles. The molecule has 36 nitrogen and oxygen atoms in total. The topological polar surface area (TPSA) is 747 Å². The van der Waals surface area contributed by atoms with E-state index in [-0.39, 0.29) is 203 Å². The van der Waals surface area contributed by atoms with Crippen LogP contribution in [0.25, 0.3) is 0 Å². The van der Waals surface area contributed by atoms with E-state index in [1.807, 2.05) is 0 Å². The first-order valence-corrected chi connectivity index (χ1v) is 25.2. The number of carbonyl (C=O) groups is 12. The van der Waals surface area contributed by atoms with Gasteiger partial charge in [0, 0.05) is 109 Å². The van der Waals surface area contributed by atoms with E-state index in [4.69, 9.17) is 55.4 Å². The fourth-order valence-corrected chi connectivity index (χ4v) is 4.49. The number of benzene rings is 6. The van der Waals surface area contributed by atoms with Crippen LogP contribution in [0.2, 0.25) is 0 Å². The fraction of sp³-hybridized carbons (Fsp3) is 0. The average Bonchev–Trinajstić information content (AvgIpc) is 3.59. The molecule has 0 atom stereocenters. The van der Waals surface area contributed by atoms with Gasteiger partial charge in [0.1, 0.15) is 0 Å². The van der Waals surface area contributed by atoms with Gasteiger partial charge in [0.25, 0.3) is 0 Å². The van der Waals surface area contributed by atoms with Crippen molar-refractivity contribution in [2.75, 3.05) is 0 Å². The summed E-state index contributed by atoms with van der Waals surface area (Å²) in [7, 11) is 0. The zero-order valence-corrected chi connectivity index (χ0v) is 57.7. The maximum absolute atomic E-state index is 10.3. The van der Waals surface area contributed by atoms with Crippen LogP contribution < -0.4 is 30.6 Å². The molecule has 6 aromatic carbocycles. The molecule has 0 amide bonds. The molecule has 0 radical (unpaired) electrons. The summed E-state index contributed by atoms with van der Waals surface area (Å²) in [5, 5.41) is 112. The third-order valence-electron chi connectivity index (χ3n) is 8.21. The maximum Gasteiger partial charge on any atom is 0 e. The van der Waals surface area contributed by atoms with E-state index in [2.05, 4.69) is 0 Å². The Labute approximate surface area is 614 Å². The van der Waals surface area contributed by atoms with E-state index in [0.717, 1.165) is 0 Å². The summed E-state index contributed by atoms with van der Waals surface area (Å²) in [6.45, 7) is 0. The molecule has 44 heteroatoms. The van der Waals surface area contributed by atoms with E-state index >= 15 is 0 Å². The predicted molar refractivity (Wildman–Crippen MR) is 248 cm³/mol. The number of hydrogen-bond donors (Lipinski definition) is 10. The largest absolute Gasteiger partial charge is 0 e. The minimum absolute atomic E-state index is 0. The molecule has 0 spiro atoms. The monoisotopic (exact) mass is 1570 g/mol. The Hall–Kier alpha value is -6.29. The average molecular weight is 1570 g/mol. The van der Waals surface area contributed by atoms with Gasteiger partial charge in [-0.2, -0.15) is 0 Å². The second kappa shape index (κ2) is 66.2.